The van der Waals surface area contributed by atoms with Crippen LogP contribution < -0.4 is 10.5 Å². The molecule has 0 atom stereocenters. The minimum atomic E-state index is -4.13. The first-order chi connectivity index (χ1) is 8.42. The Labute approximate surface area is 101 Å². The molecule has 0 bridgehead atoms. The molecule has 0 heterocycles. The maximum absolute atomic E-state index is 12.4. The van der Waals surface area contributed by atoms with Gasteiger partial charge in [-0.3, -0.25) is 0 Å². The zero-order chi connectivity index (χ0) is 13.6. The second-order valence-corrected chi connectivity index (χ2v) is 3.54. The summed E-state index contributed by atoms with van der Waals surface area (Å²) in [5.74, 6) is -3.67. The lowest BCUT2D eigenvalue weighted by molar-refractivity contribution is -0.166. The van der Waals surface area contributed by atoms with Gasteiger partial charge in [-0.1, -0.05) is 6.07 Å². The third kappa shape index (κ3) is 4.79. The van der Waals surface area contributed by atoms with Gasteiger partial charge in [0.05, 0.1) is 6.61 Å². The van der Waals surface area contributed by atoms with Crippen LogP contribution in [0.3, 0.4) is 0 Å². The van der Waals surface area contributed by atoms with E-state index in [0.29, 0.717) is 11.4 Å². The number of hydrogen-bond acceptors (Lipinski definition) is 3. The molecule has 1 rings (SSSR count). The Morgan fingerprint density at radius 2 is 1.94 bits per heavy atom. The van der Waals surface area contributed by atoms with Crippen molar-refractivity contribution in [3.63, 3.8) is 0 Å². The van der Waals surface area contributed by atoms with Crippen LogP contribution in [-0.4, -0.2) is 32.2 Å². The Kier molecular flexibility index (Phi) is 5.21. The molecule has 0 unspecified atom stereocenters. The molecule has 3 nitrogen and oxygen atoms in total. The summed E-state index contributed by atoms with van der Waals surface area (Å²) in [5.41, 5.74) is 5.98. The van der Waals surface area contributed by atoms with Crippen LogP contribution in [0.5, 0.6) is 5.75 Å². The van der Waals surface area contributed by atoms with E-state index in [2.05, 4.69) is 4.74 Å². The van der Waals surface area contributed by atoms with Gasteiger partial charge in [0.1, 0.15) is 19.0 Å². The maximum Gasteiger partial charge on any atom is 0.330 e. The van der Waals surface area contributed by atoms with Crippen molar-refractivity contribution in [2.45, 2.75) is 12.3 Å². The quantitative estimate of drug-likeness (QED) is 0.469. The summed E-state index contributed by atoms with van der Waals surface area (Å²) in [6, 6.07) is 6.50. The van der Waals surface area contributed by atoms with E-state index < -0.39 is 19.0 Å². The van der Waals surface area contributed by atoms with E-state index in [9.17, 15) is 17.6 Å². The van der Waals surface area contributed by atoms with E-state index in [4.69, 9.17) is 10.5 Å². The number of ether oxygens (including phenoxy) is 2. The lowest BCUT2D eigenvalue weighted by Crippen LogP contribution is -2.33. The van der Waals surface area contributed by atoms with Crippen molar-refractivity contribution in [3.05, 3.63) is 24.3 Å². The zero-order valence-corrected chi connectivity index (χ0v) is 9.41. The molecule has 0 aromatic heterocycles. The summed E-state index contributed by atoms with van der Waals surface area (Å²) in [7, 11) is 0. The van der Waals surface area contributed by atoms with Crippen molar-refractivity contribution < 1.29 is 27.0 Å². The molecule has 0 radical (unpaired) electrons. The second-order valence-electron chi connectivity index (χ2n) is 3.54. The molecule has 0 aliphatic carbocycles. The predicted octanol–water partition coefficient (Wildman–Crippen LogP) is 2.56. The van der Waals surface area contributed by atoms with Crippen LogP contribution >= 0.6 is 0 Å². The number of alkyl halides is 4. The fourth-order valence-corrected chi connectivity index (χ4v) is 1.09. The number of nitrogen functional groups attached to an aromatic ring is 1. The van der Waals surface area contributed by atoms with Crippen LogP contribution in [-0.2, 0) is 4.74 Å². The number of anilines is 1. The van der Waals surface area contributed by atoms with Crippen LogP contribution in [0.1, 0.15) is 0 Å². The minimum Gasteiger partial charge on any atom is -0.491 e. The Balaban J connectivity index is 2.20. The van der Waals surface area contributed by atoms with Crippen molar-refractivity contribution in [2.75, 3.05) is 25.6 Å². The Hall–Kier alpha value is -1.50. The van der Waals surface area contributed by atoms with Gasteiger partial charge in [-0.05, 0) is 12.1 Å². The van der Waals surface area contributed by atoms with Crippen LogP contribution in [0.25, 0.3) is 0 Å². The van der Waals surface area contributed by atoms with E-state index in [-0.39, 0.29) is 13.2 Å². The molecule has 0 saturated carbocycles. The van der Waals surface area contributed by atoms with Gasteiger partial charge in [0.15, 0.2) is 0 Å². The number of hydrogen-bond donors (Lipinski definition) is 1. The molecule has 102 valence electrons. The average Bonchev–Trinajstić information content (AvgIpc) is 2.28. The molecule has 0 aliphatic rings. The lowest BCUT2D eigenvalue weighted by Gasteiger charge is -2.15. The Morgan fingerprint density at radius 1 is 1.22 bits per heavy atom. The van der Waals surface area contributed by atoms with Gasteiger partial charge in [-0.25, -0.2) is 8.78 Å². The SMILES string of the molecule is Nc1cccc(OCCOCC(F)(F)C(F)F)c1. The van der Waals surface area contributed by atoms with Gasteiger partial charge < -0.3 is 15.2 Å². The van der Waals surface area contributed by atoms with Gasteiger partial charge in [0.25, 0.3) is 0 Å². The Bertz CT molecular complexity index is 374. The monoisotopic (exact) mass is 267 g/mol. The van der Waals surface area contributed by atoms with Gasteiger partial charge in [-0.2, -0.15) is 8.78 Å². The summed E-state index contributed by atoms with van der Waals surface area (Å²) >= 11 is 0. The molecule has 0 aliphatic heterocycles. The second kappa shape index (κ2) is 6.44. The first kappa shape index (κ1) is 14.6. The standard InChI is InChI=1S/C11H13F4NO2/c12-10(13)11(14,15)7-17-4-5-18-9-3-1-2-8(16)6-9/h1-3,6,10H,4-5,7,16H2. The van der Waals surface area contributed by atoms with E-state index in [1.165, 1.54) is 0 Å². The molecule has 0 fully saturated rings. The highest BCUT2D eigenvalue weighted by molar-refractivity contribution is 5.43. The van der Waals surface area contributed by atoms with Crippen molar-refractivity contribution in [2.24, 2.45) is 0 Å². The van der Waals surface area contributed by atoms with E-state index in [1.807, 2.05) is 0 Å². The average molecular weight is 267 g/mol. The zero-order valence-electron chi connectivity index (χ0n) is 9.41. The van der Waals surface area contributed by atoms with Gasteiger partial charge in [0, 0.05) is 11.8 Å². The maximum atomic E-state index is 12.4. The molecular weight excluding hydrogens is 254 g/mol. The number of halogens is 4. The van der Waals surface area contributed by atoms with Crippen LogP contribution in [0.15, 0.2) is 24.3 Å². The highest BCUT2D eigenvalue weighted by Gasteiger charge is 2.40. The van der Waals surface area contributed by atoms with Gasteiger partial charge in [0.2, 0.25) is 0 Å². The summed E-state index contributed by atoms with van der Waals surface area (Å²) in [6.07, 6.45) is -3.73. The van der Waals surface area contributed by atoms with Crippen LogP contribution in [0, 0.1) is 0 Å². The van der Waals surface area contributed by atoms with Crippen molar-refractivity contribution >= 4 is 5.69 Å². The lowest BCUT2D eigenvalue weighted by atomic mass is 10.3. The third-order valence-corrected chi connectivity index (χ3v) is 1.97. The highest BCUT2D eigenvalue weighted by Crippen LogP contribution is 2.22. The van der Waals surface area contributed by atoms with Crippen molar-refractivity contribution in [1.82, 2.24) is 0 Å². The molecule has 0 saturated heterocycles. The van der Waals surface area contributed by atoms with Crippen LogP contribution in [0.2, 0.25) is 0 Å². The molecule has 0 spiro atoms. The fourth-order valence-electron chi connectivity index (χ4n) is 1.09. The van der Waals surface area contributed by atoms with Crippen molar-refractivity contribution in [1.29, 1.82) is 0 Å². The molecule has 1 aromatic rings. The van der Waals surface area contributed by atoms with Gasteiger partial charge in [-0.15, -0.1) is 0 Å². The molecular formula is C11H13F4NO2. The fraction of sp³-hybridized carbons (Fsp3) is 0.455. The molecule has 2 N–H and O–H groups in total. The normalized spacial score (nSPS) is 11.8. The first-order valence-corrected chi connectivity index (χ1v) is 5.14. The summed E-state index contributed by atoms with van der Waals surface area (Å²) < 4.78 is 57.9. The third-order valence-electron chi connectivity index (χ3n) is 1.97. The Morgan fingerprint density at radius 3 is 2.56 bits per heavy atom. The summed E-state index contributed by atoms with van der Waals surface area (Å²) in [5, 5.41) is 0. The predicted molar refractivity (Wildman–Crippen MR) is 58.1 cm³/mol. The first-order valence-electron chi connectivity index (χ1n) is 5.14. The van der Waals surface area contributed by atoms with E-state index in [1.54, 1.807) is 24.3 Å². The van der Waals surface area contributed by atoms with Gasteiger partial charge >= 0.3 is 12.3 Å². The molecule has 18 heavy (non-hydrogen) atoms. The number of rotatable bonds is 7. The topological polar surface area (TPSA) is 44.5 Å². The van der Waals surface area contributed by atoms with Crippen molar-refractivity contribution in [3.8, 4) is 5.75 Å². The molecule has 0 amide bonds. The largest absolute Gasteiger partial charge is 0.491 e. The number of benzene rings is 1. The van der Waals surface area contributed by atoms with E-state index in [0.717, 1.165) is 0 Å². The van der Waals surface area contributed by atoms with Crippen LogP contribution in [0.4, 0.5) is 23.2 Å². The number of nitrogens with two attached hydrogens (primary N) is 1. The summed E-state index contributed by atoms with van der Waals surface area (Å²) in [4.78, 5) is 0. The van der Waals surface area contributed by atoms with E-state index >= 15 is 0 Å². The highest BCUT2D eigenvalue weighted by atomic mass is 19.3. The summed E-state index contributed by atoms with van der Waals surface area (Å²) in [6.45, 7) is -1.56. The minimum absolute atomic E-state index is 0.0250. The smallest absolute Gasteiger partial charge is 0.330 e. The molecule has 1 aromatic carbocycles. The molecule has 7 heteroatoms.